The van der Waals surface area contributed by atoms with E-state index in [-0.39, 0.29) is 5.91 Å². The molecular formula is C13H12N2O3. The number of nitrogens with zero attached hydrogens (tertiary/aromatic N) is 1. The van der Waals surface area contributed by atoms with Gasteiger partial charge in [-0.05, 0) is 32.0 Å². The van der Waals surface area contributed by atoms with E-state index in [1.54, 1.807) is 6.92 Å². The highest BCUT2D eigenvalue weighted by Crippen LogP contribution is 2.34. The molecule has 1 aliphatic heterocycles. The number of aryl methyl sites for hydroxylation is 1. The summed E-state index contributed by atoms with van der Waals surface area (Å²) < 4.78 is 10.7. The number of aromatic nitrogens is 1. The summed E-state index contributed by atoms with van der Waals surface area (Å²) in [5.74, 6) is 1.19. The maximum Gasteiger partial charge on any atom is 0.265 e. The summed E-state index contributed by atoms with van der Waals surface area (Å²) in [6.07, 6.45) is -0.462. The van der Waals surface area contributed by atoms with Gasteiger partial charge in [0.25, 0.3) is 5.91 Å². The second-order valence-electron chi connectivity index (χ2n) is 4.29. The normalized spacial score (nSPS) is 17.9. The maximum absolute atomic E-state index is 11.5. The van der Waals surface area contributed by atoms with Crippen molar-refractivity contribution in [3.05, 3.63) is 30.0 Å². The van der Waals surface area contributed by atoms with Gasteiger partial charge in [-0.15, -0.1) is 0 Å². The number of rotatable bonds is 1. The molecule has 3 rings (SSSR count). The van der Waals surface area contributed by atoms with Crippen molar-refractivity contribution in [2.75, 3.05) is 5.32 Å². The van der Waals surface area contributed by atoms with Crippen LogP contribution in [0, 0.1) is 6.92 Å². The van der Waals surface area contributed by atoms with Crippen molar-refractivity contribution in [3.63, 3.8) is 0 Å². The van der Waals surface area contributed by atoms with Crippen molar-refractivity contribution in [3.8, 4) is 17.1 Å². The first-order valence-electron chi connectivity index (χ1n) is 5.69. The van der Waals surface area contributed by atoms with Gasteiger partial charge < -0.3 is 14.6 Å². The van der Waals surface area contributed by atoms with Crippen molar-refractivity contribution >= 4 is 11.6 Å². The summed E-state index contributed by atoms with van der Waals surface area (Å²) in [4.78, 5) is 11.5. The third kappa shape index (κ3) is 1.73. The highest BCUT2D eigenvalue weighted by molar-refractivity contribution is 5.98. The Hall–Kier alpha value is -2.30. The number of fused-ring (bicyclic) bond motifs is 1. The van der Waals surface area contributed by atoms with Crippen molar-refractivity contribution in [1.29, 1.82) is 0 Å². The summed E-state index contributed by atoms with van der Waals surface area (Å²) in [5.41, 5.74) is 2.33. The Labute approximate surface area is 104 Å². The van der Waals surface area contributed by atoms with E-state index in [0.717, 1.165) is 11.3 Å². The Morgan fingerprint density at radius 1 is 1.33 bits per heavy atom. The topological polar surface area (TPSA) is 64.4 Å². The first kappa shape index (κ1) is 10.8. The van der Waals surface area contributed by atoms with E-state index >= 15 is 0 Å². The highest BCUT2D eigenvalue weighted by atomic mass is 16.5. The largest absolute Gasteiger partial charge is 0.479 e. The lowest BCUT2D eigenvalue weighted by Crippen LogP contribution is -2.34. The lowest BCUT2D eigenvalue weighted by Gasteiger charge is -2.23. The molecule has 1 amide bonds. The van der Waals surface area contributed by atoms with E-state index in [0.29, 0.717) is 17.2 Å². The van der Waals surface area contributed by atoms with Crippen LogP contribution in [-0.2, 0) is 4.79 Å². The van der Waals surface area contributed by atoms with Gasteiger partial charge in [-0.25, -0.2) is 0 Å². The molecule has 0 spiro atoms. The molecule has 92 valence electrons. The first-order valence-corrected chi connectivity index (χ1v) is 5.69. The molecule has 0 fully saturated rings. The zero-order valence-electron chi connectivity index (χ0n) is 10.1. The third-order valence-electron chi connectivity index (χ3n) is 2.82. The molecule has 5 nitrogen and oxygen atoms in total. The van der Waals surface area contributed by atoms with Crippen molar-refractivity contribution < 1.29 is 14.1 Å². The van der Waals surface area contributed by atoms with Crippen LogP contribution in [-0.4, -0.2) is 17.2 Å². The predicted octanol–water partition coefficient (Wildman–Crippen LogP) is 2.37. The van der Waals surface area contributed by atoms with Gasteiger partial charge in [-0.1, -0.05) is 5.16 Å². The van der Waals surface area contributed by atoms with Crippen LogP contribution in [0.25, 0.3) is 11.3 Å². The standard InChI is InChI=1S/C13H12N2O3/c1-7-5-12(18-15-7)9-3-4-11-10(6-9)14-13(16)8(2)17-11/h3-6,8H,1-2H3,(H,14,16). The Bertz CT molecular complexity index is 618. The second kappa shape index (κ2) is 3.87. The van der Waals surface area contributed by atoms with Crippen molar-refractivity contribution in [2.45, 2.75) is 20.0 Å². The van der Waals surface area contributed by atoms with Crippen LogP contribution in [0.15, 0.2) is 28.8 Å². The number of hydrogen-bond donors (Lipinski definition) is 1. The Morgan fingerprint density at radius 2 is 2.17 bits per heavy atom. The van der Waals surface area contributed by atoms with E-state index in [2.05, 4.69) is 10.5 Å². The molecular weight excluding hydrogens is 232 g/mol. The Morgan fingerprint density at radius 3 is 2.89 bits per heavy atom. The molecule has 0 saturated heterocycles. The molecule has 1 N–H and O–H groups in total. The van der Waals surface area contributed by atoms with Gasteiger partial charge in [-0.3, -0.25) is 4.79 Å². The lowest BCUT2D eigenvalue weighted by atomic mass is 10.1. The average molecular weight is 244 g/mol. The molecule has 0 aliphatic carbocycles. The number of carbonyl (C=O) groups excluding carboxylic acids is 1. The fourth-order valence-electron chi connectivity index (χ4n) is 1.86. The minimum atomic E-state index is -0.462. The number of amides is 1. The van der Waals surface area contributed by atoms with Crippen LogP contribution >= 0.6 is 0 Å². The van der Waals surface area contributed by atoms with Crippen LogP contribution in [0.2, 0.25) is 0 Å². The van der Waals surface area contributed by atoms with Gasteiger partial charge >= 0.3 is 0 Å². The third-order valence-corrected chi connectivity index (χ3v) is 2.82. The zero-order chi connectivity index (χ0) is 12.7. The first-order chi connectivity index (χ1) is 8.63. The van der Waals surface area contributed by atoms with Gasteiger partial charge in [0, 0.05) is 11.6 Å². The number of anilines is 1. The molecule has 1 unspecified atom stereocenters. The van der Waals surface area contributed by atoms with Crippen LogP contribution in [0.1, 0.15) is 12.6 Å². The monoisotopic (exact) mass is 244 g/mol. The molecule has 0 saturated carbocycles. The molecule has 2 aromatic rings. The minimum Gasteiger partial charge on any atom is -0.479 e. The van der Waals surface area contributed by atoms with Gasteiger partial charge in [0.15, 0.2) is 11.9 Å². The average Bonchev–Trinajstić information content (AvgIpc) is 2.77. The number of ether oxygens (including phenoxy) is 1. The van der Waals surface area contributed by atoms with Gasteiger partial charge in [0.05, 0.1) is 11.4 Å². The highest BCUT2D eigenvalue weighted by Gasteiger charge is 2.23. The SMILES string of the molecule is Cc1cc(-c2ccc3c(c2)NC(=O)C(C)O3)on1. The van der Waals surface area contributed by atoms with Gasteiger partial charge in [0.2, 0.25) is 0 Å². The van der Waals surface area contributed by atoms with Gasteiger partial charge in [-0.2, -0.15) is 0 Å². The number of carbonyl (C=O) groups is 1. The molecule has 2 heterocycles. The molecule has 0 bridgehead atoms. The number of nitrogens with one attached hydrogen (secondary N) is 1. The number of benzene rings is 1. The molecule has 1 atom stereocenters. The van der Waals surface area contributed by atoms with Crippen LogP contribution in [0.5, 0.6) is 5.75 Å². The summed E-state index contributed by atoms with van der Waals surface area (Å²) in [7, 11) is 0. The van der Waals surface area contributed by atoms with E-state index in [4.69, 9.17) is 9.26 Å². The summed E-state index contributed by atoms with van der Waals surface area (Å²) in [6, 6.07) is 7.36. The van der Waals surface area contributed by atoms with E-state index in [1.807, 2.05) is 31.2 Å². The van der Waals surface area contributed by atoms with Crippen LogP contribution in [0.3, 0.4) is 0 Å². The summed E-state index contributed by atoms with van der Waals surface area (Å²) in [6.45, 7) is 3.57. The molecule has 1 aliphatic rings. The van der Waals surface area contributed by atoms with Gasteiger partial charge in [0.1, 0.15) is 5.75 Å². The zero-order valence-corrected chi connectivity index (χ0v) is 10.1. The fraction of sp³-hybridized carbons (Fsp3) is 0.231. The lowest BCUT2D eigenvalue weighted by molar-refractivity contribution is -0.122. The van der Waals surface area contributed by atoms with Crippen molar-refractivity contribution in [1.82, 2.24) is 5.16 Å². The van der Waals surface area contributed by atoms with E-state index in [9.17, 15) is 4.79 Å². The fourth-order valence-corrected chi connectivity index (χ4v) is 1.86. The predicted molar refractivity (Wildman–Crippen MR) is 65.4 cm³/mol. The van der Waals surface area contributed by atoms with Crippen LogP contribution in [0.4, 0.5) is 5.69 Å². The molecule has 5 heteroatoms. The number of hydrogen-bond acceptors (Lipinski definition) is 4. The molecule has 0 radical (unpaired) electrons. The Kier molecular flexibility index (Phi) is 2.33. The molecule has 18 heavy (non-hydrogen) atoms. The molecule has 1 aromatic heterocycles. The maximum atomic E-state index is 11.5. The molecule has 1 aromatic carbocycles. The van der Waals surface area contributed by atoms with Crippen LogP contribution < -0.4 is 10.1 Å². The quantitative estimate of drug-likeness (QED) is 0.836. The second-order valence-corrected chi connectivity index (χ2v) is 4.29. The van der Waals surface area contributed by atoms with Crippen molar-refractivity contribution in [2.24, 2.45) is 0 Å². The summed E-state index contributed by atoms with van der Waals surface area (Å²) >= 11 is 0. The summed E-state index contributed by atoms with van der Waals surface area (Å²) in [5, 5.41) is 6.64. The van der Waals surface area contributed by atoms with E-state index in [1.165, 1.54) is 0 Å². The minimum absolute atomic E-state index is 0.145. The Balaban J connectivity index is 2.01. The van der Waals surface area contributed by atoms with E-state index < -0.39 is 6.10 Å². The smallest absolute Gasteiger partial charge is 0.265 e.